The Balaban J connectivity index is 1.87. The molecule has 0 aliphatic heterocycles. The van der Waals surface area contributed by atoms with Crippen molar-refractivity contribution < 1.29 is 23.8 Å². The average Bonchev–Trinajstić information content (AvgIpc) is 2.86. The zero-order valence-corrected chi connectivity index (χ0v) is 22.3. The van der Waals surface area contributed by atoms with Crippen LogP contribution in [0.25, 0.3) is 0 Å². The third-order valence-corrected chi connectivity index (χ3v) is 5.98. The molecule has 200 valence electrons. The predicted octanol–water partition coefficient (Wildman–Crippen LogP) is 7.32. The zero-order valence-electron chi connectivity index (χ0n) is 22.3. The molecule has 6 heteroatoms. The molecule has 0 aliphatic carbocycles. The average molecular weight is 492 g/mol. The number of anilines is 1. The lowest BCUT2D eigenvalue weighted by Gasteiger charge is -2.08. The van der Waals surface area contributed by atoms with E-state index in [0.29, 0.717) is 31.8 Å². The number of esters is 2. The fourth-order valence-corrected chi connectivity index (χ4v) is 3.95. The maximum atomic E-state index is 12.0. The third kappa shape index (κ3) is 17.9. The van der Waals surface area contributed by atoms with Gasteiger partial charge in [-0.2, -0.15) is 0 Å². The van der Waals surface area contributed by atoms with Crippen molar-refractivity contribution in [2.24, 2.45) is 0 Å². The van der Waals surface area contributed by atoms with Crippen molar-refractivity contribution in [2.75, 3.05) is 38.3 Å². The third-order valence-electron chi connectivity index (χ3n) is 5.98. The number of ether oxygens (including phenoxy) is 3. The van der Waals surface area contributed by atoms with Gasteiger partial charge in [0.25, 0.3) is 0 Å². The van der Waals surface area contributed by atoms with Gasteiger partial charge in [0.1, 0.15) is 6.61 Å². The fourth-order valence-electron chi connectivity index (χ4n) is 3.95. The molecule has 1 rings (SSSR count). The molecule has 6 nitrogen and oxygen atoms in total. The van der Waals surface area contributed by atoms with E-state index in [1.165, 1.54) is 64.2 Å². The van der Waals surface area contributed by atoms with Crippen molar-refractivity contribution >= 4 is 17.6 Å². The number of nitrogens with one attached hydrogen (secondary N) is 1. The number of hydrogen-bond acceptors (Lipinski definition) is 6. The molecule has 0 saturated carbocycles. The van der Waals surface area contributed by atoms with E-state index in [-0.39, 0.29) is 18.5 Å². The van der Waals surface area contributed by atoms with E-state index in [4.69, 9.17) is 14.2 Å². The summed E-state index contributed by atoms with van der Waals surface area (Å²) in [4.78, 5) is 23.2. The number of rotatable bonds is 23. The van der Waals surface area contributed by atoms with E-state index in [1.54, 1.807) is 12.1 Å². The second-order valence-corrected chi connectivity index (χ2v) is 8.99. The van der Waals surface area contributed by atoms with Gasteiger partial charge in [-0.25, -0.2) is 4.79 Å². The standard InChI is InChI=1S/C29H49NO5/c1-3-33-24-25-35-29(32)26-19-21-27(22-20-26)30-23-17-15-13-11-9-7-5-6-8-10-12-14-16-18-28(31)34-4-2/h19-22,30H,3-18,23-25H2,1-2H3. The highest BCUT2D eigenvalue weighted by Crippen LogP contribution is 2.14. The van der Waals surface area contributed by atoms with Gasteiger partial charge in [0, 0.05) is 25.3 Å². The summed E-state index contributed by atoms with van der Waals surface area (Å²) in [6, 6.07) is 7.47. The fraction of sp³-hybridized carbons (Fsp3) is 0.724. The summed E-state index contributed by atoms with van der Waals surface area (Å²) in [5.41, 5.74) is 1.60. The molecule has 0 spiro atoms. The van der Waals surface area contributed by atoms with Crippen LogP contribution in [-0.2, 0) is 19.0 Å². The van der Waals surface area contributed by atoms with Crippen LogP contribution in [0.4, 0.5) is 5.69 Å². The van der Waals surface area contributed by atoms with E-state index < -0.39 is 0 Å². The highest BCUT2D eigenvalue weighted by atomic mass is 16.6. The second-order valence-electron chi connectivity index (χ2n) is 8.99. The quantitative estimate of drug-likeness (QED) is 0.128. The molecule has 0 aliphatic rings. The van der Waals surface area contributed by atoms with Gasteiger partial charge in [0.2, 0.25) is 0 Å². The molecular weight excluding hydrogens is 442 g/mol. The zero-order chi connectivity index (χ0) is 25.4. The molecule has 1 N–H and O–H groups in total. The Bertz CT molecular complexity index is 647. The highest BCUT2D eigenvalue weighted by Gasteiger charge is 2.06. The Hall–Kier alpha value is -2.08. The van der Waals surface area contributed by atoms with Crippen molar-refractivity contribution in [3.05, 3.63) is 29.8 Å². The van der Waals surface area contributed by atoms with Crippen LogP contribution in [0.15, 0.2) is 24.3 Å². The Morgan fingerprint density at radius 3 is 1.74 bits per heavy atom. The van der Waals surface area contributed by atoms with Gasteiger partial charge in [0.05, 0.1) is 18.8 Å². The molecule has 0 heterocycles. The normalized spacial score (nSPS) is 10.8. The van der Waals surface area contributed by atoms with Gasteiger partial charge in [-0.15, -0.1) is 0 Å². The second kappa shape index (κ2) is 22.4. The first-order valence-corrected chi connectivity index (χ1v) is 13.9. The minimum Gasteiger partial charge on any atom is -0.466 e. The van der Waals surface area contributed by atoms with Gasteiger partial charge in [-0.05, 0) is 51.0 Å². The maximum Gasteiger partial charge on any atom is 0.338 e. The lowest BCUT2D eigenvalue weighted by molar-refractivity contribution is -0.143. The molecule has 0 amide bonds. The lowest BCUT2D eigenvalue weighted by atomic mass is 10.0. The van der Waals surface area contributed by atoms with Crippen LogP contribution in [0, 0.1) is 0 Å². The van der Waals surface area contributed by atoms with Crippen LogP contribution >= 0.6 is 0 Å². The molecule has 0 saturated heterocycles. The molecule has 0 unspecified atom stereocenters. The summed E-state index contributed by atoms with van der Waals surface area (Å²) in [5, 5.41) is 3.43. The largest absolute Gasteiger partial charge is 0.466 e. The summed E-state index contributed by atoms with van der Waals surface area (Å²) in [6.45, 7) is 6.56. The topological polar surface area (TPSA) is 73.9 Å². The van der Waals surface area contributed by atoms with Gasteiger partial charge in [-0.3, -0.25) is 4.79 Å². The number of unbranched alkanes of at least 4 members (excludes halogenated alkanes) is 12. The van der Waals surface area contributed by atoms with E-state index in [0.717, 1.165) is 31.5 Å². The van der Waals surface area contributed by atoms with Crippen molar-refractivity contribution in [1.29, 1.82) is 0 Å². The monoisotopic (exact) mass is 491 g/mol. The summed E-state index contributed by atoms with van der Waals surface area (Å²) in [7, 11) is 0. The summed E-state index contributed by atoms with van der Waals surface area (Å²) >= 11 is 0. The van der Waals surface area contributed by atoms with Crippen LogP contribution in [0.3, 0.4) is 0 Å². The van der Waals surface area contributed by atoms with E-state index in [9.17, 15) is 9.59 Å². The number of carbonyl (C=O) groups is 2. The lowest BCUT2D eigenvalue weighted by Crippen LogP contribution is -2.11. The minimum atomic E-state index is -0.306. The molecule has 0 bridgehead atoms. The van der Waals surface area contributed by atoms with Gasteiger partial charge < -0.3 is 19.5 Å². The van der Waals surface area contributed by atoms with Crippen molar-refractivity contribution in [2.45, 2.75) is 104 Å². The highest BCUT2D eigenvalue weighted by molar-refractivity contribution is 5.89. The van der Waals surface area contributed by atoms with E-state index in [2.05, 4.69) is 5.32 Å². The number of benzene rings is 1. The number of hydrogen-bond donors (Lipinski definition) is 1. The predicted molar refractivity (Wildman–Crippen MR) is 143 cm³/mol. The van der Waals surface area contributed by atoms with Gasteiger partial charge in [0.15, 0.2) is 0 Å². The molecule has 0 atom stereocenters. The minimum absolute atomic E-state index is 0.0522. The molecule has 35 heavy (non-hydrogen) atoms. The molecule has 1 aromatic rings. The smallest absolute Gasteiger partial charge is 0.338 e. The Labute approximate surface area is 213 Å². The first-order chi connectivity index (χ1) is 17.2. The first-order valence-electron chi connectivity index (χ1n) is 13.9. The summed E-state index contributed by atoms with van der Waals surface area (Å²) < 4.78 is 15.3. The molecule has 0 radical (unpaired) electrons. The van der Waals surface area contributed by atoms with Gasteiger partial charge >= 0.3 is 11.9 Å². The Morgan fingerprint density at radius 1 is 0.657 bits per heavy atom. The summed E-state index contributed by atoms with van der Waals surface area (Å²) in [6.07, 6.45) is 16.9. The van der Waals surface area contributed by atoms with E-state index in [1.807, 2.05) is 26.0 Å². The molecular formula is C29H49NO5. The van der Waals surface area contributed by atoms with Crippen LogP contribution in [0.2, 0.25) is 0 Å². The van der Waals surface area contributed by atoms with Crippen molar-refractivity contribution in [3.8, 4) is 0 Å². The van der Waals surface area contributed by atoms with E-state index >= 15 is 0 Å². The molecule has 1 aromatic carbocycles. The maximum absolute atomic E-state index is 12.0. The SMILES string of the molecule is CCOCCOC(=O)c1ccc(NCCCCCCCCCCCCCCCC(=O)OCC)cc1. The van der Waals surface area contributed by atoms with Crippen LogP contribution < -0.4 is 5.32 Å². The molecule has 0 fully saturated rings. The van der Waals surface area contributed by atoms with Crippen LogP contribution in [0.5, 0.6) is 0 Å². The van der Waals surface area contributed by atoms with Gasteiger partial charge in [-0.1, -0.05) is 70.6 Å². The van der Waals surface area contributed by atoms with Crippen molar-refractivity contribution in [3.63, 3.8) is 0 Å². The first kappa shape index (κ1) is 31.0. The van der Waals surface area contributed by atoms with Crippen LogP contribution in [0.1, 0.15) is 114 Å². The van der Waals surface area contributed by atoms with Crippen molar-refractivity contribution in [1.82, 2.24) is 0 Å². The molecule has 0 aromatic heterocycles. The number of carbonyl (C=O) groups excluding carboxylic acids is 2. The Kier molecular flexibility index (Phi) is 19.8. The Morgan fingerprint density at radius 2 is 1.20 bits per heavy atom. The summed E-state index contributed by atoms with van der Waals surface area (Å²) in [5.74, 6) is -0.359. The van der Waals surface area contributed by atoms with Crippen LogP contribution in [-0.4, -0.2) is 44.9 Å².